The van der Waals surface area contributed by atoms with Crippen molar-refractivity contribution in [3.8, 4) is 10.4 Å². The van der Waals surface area contributed by atoms with Gasteiger partial charge in [-0.05, 0) is 56.9 Å². The summed E-state index contributed by atoms with van der Waals surface area (Å²) in [6.45, 7) is 0. The molecule has 0 radical (unpaired) electrons. The Morgan fingerprint density at radius 2 is 1.55 bits per heavy atom. The fourth-order valence-electron chi connectivity index (χ4n) is 1.93. The number of carbonyl (C=O) groups is 2. The average Bonchev–Trinajstić information content (AvgIpc) is 2.73. The van der Waals surface area contributed by atoms with Gasteiger partial charge < -0.3 is 10.2 Å². The quantitative estimate of drug-likeness (QED) is 0.862. The Morgan fingerprint density at radius 1 is 1.00 bits per heavy atom. The second kappa shape index (κ2) is 6.19. The van der Waals surface area contributed by atoms with E-state index in [4.69, 9.17) is 10.2 Å². The fraction of sp³-hybridized carbons (Fsp3) is 0.143. The number of hydrogen-bond donors (Lipinski definition) is 2. The molecular weight excluding hydrogens is 344 g/mol. The molecule has 0 fully saturated rings. The highest BCUT2D eigenvalue weighted by atomic mass is 79.9. The Kier molecular flexibility index (Phi) is 4.57. The Morgan fingerprint density at radius 3 is 1.95 bits per heavy atom. The molecule has 6 heteroatoms. The van der Waals surface area contributed by atoms with Gasteiger partial charge in [0.25, 0.3) is 0 Å². The van der Waals surface area contributed by atoms with E-state index in [0.29, 0.717) is 11.1 Å². The fourth-order valence-corrected chi connectivity index (χ4v) is 3.30. The molecule has 104 valence electrons. The zero-order valence-electron chi connectivity index (χ0n) is 10.3. The lowest BCUT2D eigenvalue weighted by Crippen LogP contribution is -2.04. The molecule has 4 nitrogen and oxygen atoms in total. The maximum absolute atomic E-state index is 10.8. The molecule has 1 heterocycles. The summed E-state index contributed by atoms with van der Waals surface area (Å²) in [4.78, 5) is 22.6. The van der Waals surface area contributed by atoms with Crippen LogP contribution in [0.15, 0.2) is 34.1 Å². The van der Waals surface area contributed by atoms with Gasteiger partial charge in [-0.2, -0.15) is 0 Å². The van der Waals surface area contributed by atoms with E-state index in [1.54, 1.807) is 18.2 Å². The molecule has 0 saturated carbocycles. The van der Waals surface area contributed by atoms with E-state index >= 15 is 0 Å². The molecule has 0 saturated heterocycles. The highest BCUT2D eigenvalue weighted by molar-refractivity contribution is 9.11. The summed E-state index contributed by atoms with van der Waals surface area (Å²) in [6.07, 6.45) is -0.236. The van der Waals surface area contributed by atoms with Crippen molar-refractivity contribution in [2.75, 3.05) is 0 Å². The first kappa shape index (κ1) is 14.7. The number of carboxylic acids is 2. The van der Waals surface area contributed by atoms with Gasteiger partial charge in [-0.3, -0.25) is 9.59 Å². The SMILES string of the molecule is O=C(O)Cc1cc(CC(=O)O)cc(-c2ccc(Br)s2)c1. The van der Waals surface area contributed by atoms with Gasteiger partial charge in [0, 0.05) is 4.88 Å². The van der Waals surface area contributed by atoms with Gasteiger partial charge in [0.15, 0.2) is 0 Å². The zero-order chi connectivity index (χ0) is 14.7. The summed E-state index contributed by atoms with van der Waals surface area (Å²) in [5.41, 5.74) is 2.06. The third-order valence-electron chi connectivity index (χ3n) is 2.62. The summed E-state index contributed by atoms with van der Waals surface area (Å²) < 4.78 is 0.968. The standard InChI is InChI=1S/C14H11BrO4S/c15-12-2-1-11(20-12)10-4-8(6-13(16)17)3-9(5-10)7-14(18)19/h1-5H,6-7H2,(H,16,17)(H,18,19). The molecule has 0 spiro atoms. The minimum atomic E-state index is -0.934. The summed E-state index contributed by atoms with van der Waals surface area (Å²) in [6, 6.07) is 9.03. The summed E-state index contributed by atoms with van der Waals surface area (Å²) in [7, 11) is 0. The zero-order valence-corrected chi connectivity index (χ0v) is 12.7. The van der Waals surface area contributed by atoms with Crippen LogP contribution in [0.2, 0.25) is 0 Å². The molecule has 2 rings (SSSR count). The minimum Gasteiger partial charge on any atom is -0.481 e. The van der Waals surface area contributed by atoms with Crippen LogP contribution in [-0.4, -0.2) is 22.2 Å². The van der Waals surface area contributed by atoms with Crippen LogP contribution >= 0.6 is 27.3 Å². The average molecular weight is 355 g/mol. The first-order chi connectivity index (χ1) is 9.44. The van der Waals surface area contributed by atoms with Crippen molar-refractivity contribution in [2.45, 2.75) is 12.8 Å². The number of benzene rings is 1. The third kappa shape index (κ3) is 3.91. The van der Waals surface area contributed by atoms with Crippen molar-refractivity contribution in [1.82, 2.24) is 0 Å². The molecule has 0 aliphatic rings. The second-order valence-electron chi connectivity index (χ2n) is 4.28. The van der Waals surface area contributed by atoms with Crippen molar-refractivity contribution < 1.29 is 19.8 Å². The summed E-state index contributed by atoms with van der Waals surface area (Å²) in [5, 5.41) is 17.8. The number of aliphatic carboxylic acids is 2. The van der Waals surface area contributed by atoms with Gasteiger partial charge in [-0.1, -0.05) is 6.07 Å². The second-order valence-corrected chi connectivity index (χ2v) is 6.75. The molecule has 0 amide bonds. The molecule has 1 aromatic heterocycles. The van der Waals surface area contributed by atoms with Crippen molar-refractivity contribution >= 4 is 39.2 Å². The number of carboxylic acid groups (broad SMARTS) is 2. The van der Waals surface area contributed by atoms with Gasteiger partial charge in [-0.25, -0.2) is 0 Å². The van der Waals surface area contributed by atoms with Crippen molar-refractivity contribution in [3.05, 3.63) is 45.2 Å². The maximum Gasteiger partial charge on any atom is 0.307 e. The molecule has 1 aromatic carbocycles. The van der Waals surface area contributed by atoms with E-state index in [1.807, 2.05) is 12.1 Å². The first-order valence-corrected chi connectivity index (χ1v) is 7.37. The molecular formula is C14H11BrO4S. The van der Waals surface area contributed by atoms with E-state index in [2.05, 4.69) is 15.9 Å². The number of halogens is 1. The van der Waals surface area contributed by atoms with Gasteiger partial charge in [0.05, 0.1) is 16.6 Å². The molecule has 0 aliphatic heterocycles. The van der Waals surface area contributed by atoms with Crippen molar-refractivity contribution in [1.29, 1.82) is 0 Å². The van der Waals surface area contributed by atoms with E-state index in [-0.39, 0.29) is 12.8 Å². The van der Waals surface area contributed by atoms with Gasteiger partial charge in [-0.15, -0.1) is 11.3 Å². The molecule has 0 atom stereocenters. The molecule has 0 bridgehead atoms. The lowest BCUT2D eigenvalue weighted by molar-refractivity contribution is -0.137. The van der Waals surface area contributed by atoms with Crippen LogP contribution in [0.1, 0.15) is 11.1 Å². The summed E-state index contributed by atoms with van der Waals surface area (Å²) in [5.74, 6) is -1.87. The highest BCUT2D eigenvalue weighted by Gasteiger charge is 2.10. The molecule has 20 heavy (non-hydrogen) atoms. The molecule has 2 N–H and O–H groups in total. The van der Waals surface area contributed by atoms with Crippen LogP contribution in [0.3, 0.4) is 0 Å². The van der Waals surface area contributed by atoms with Crippen LogP contribution in [0, 0.1) is 0 Å². The topological polar surface area (TPSA) is 74.6 Å². The largest absolute Gasteiger partial charge is 0.481 e. The number of hydrogen-bond acceptors (Lipinski definition) is 3. The predicted octanol–water partition coefficient (Wildman–Crippen LogP) is 3.43. The molecule has 0 unspecified atom stereocenters. The van der Waals surface area contributed by atoms with Crippen molar-refractivity contribution in [3.63, 3.8) is 0 Å². The van der Waals surface area contributed by atoms with E-state index in [0.717, 1.165) is 14.2 Å². The van der Waals surface area contributed by atoms with Gasteiger partial charge in [0.2, 0.25) is 0 Å². The van der Waals surface area contributed by atoms with Crippen molar-refractivity contribution in [2.24, 2.45) is 0 Å². The first-order valence-electron chi connectivity index (χ1n) is 5.76. The lowest BCUT2D eigenvalue weighted by atomic mass is 10.0. The smallest absolute Gasteiger partial charge is 0.307 e. The van der Waals surface area contributed by atoms with E-state index in [1.165, 1.54) is 11.3 Å². The third-order valence-corrected chi connectivity index (χ3v) is 4.29. The Balaban J connectivity index is 2.44. The Bertz CT molecular complexity index is 629. The van der Waals surface area contributed by atoms with E-state index in [9.17, 15) is 9.59 Å². The molecule has 0 aliphatic carbocycles. The summed E-state index contributed by atoms with van der Waals surface area (Å²) >= 11 is 4.90. The van der Waals surface area contributed by atoms with E-state index < -0.39 is 11.9 Å². The monoisotopic (exact) mass is 354 g/mol. The number of rotatable bonds is 5. The minimum absolute atomic E-state index is 0.118. The van der Waals surface area contributed by atoms with Gasteiger partial charge in [0.1, 0.15) is 0 Å². The number of thiophene rings is 1. The van der Waals surface area contributed by atoms with Crippen LogP contribution in [-0.2, 0) is 22.4 Å². The van der Waals surface area contributed by atoms with Crippen LogP contribution in [0.25, 0.3) is 10.4 Å². The van der Waals surface area contributed by atoms with Crippen LogP contribution in [0.4, 0.5) is 0 Å². The van der Waals surface area contributed by atoms with Crippen LogP contribution in [0.5, 0.6) is 0 Å². The Hall–Kier alpha value is -1.66. The van der Waals surface area contributed by atoms with Gasteiger partial charge >= 0.3 is 11.9 Å². The maximum atomic E-state index is 10.8. The Labute approximate surface area is 127 Å². The highest BCUT2D eigenvalue weighted by Crippen LogP contribution is 2.32. The lowest BCUT2D eigenvalue weighted by Gasteiger charge is -2.06. The molecule has 2 aromatic rings. The van der Waals surface area contributed by atoms with Crippen LogP contribution < -0.4 is 0 Å². The predicted molar refractivity (Wildman–Crippen MR) is 80.1 cm³/mol. The normalized spacial score (nSPS) is 10.4.